The molecule has 1 atom stereocenters. The van der Waals surface area contributed by atoms with Crippen LogP contribution in [-0.4, -0.2) is 26.1 Å². The third kappa shape index (κ3) is 4.09. The molecule has 1 N–H and O–H groups in total. The van der Waals surface area contributed by atoms with Crippen LogP contribution in [0.2, 0.25) is 0 Å². The van der Waals surface area contributed by atoms with Gasteiger partial charge in [-0.05, 0) is 16.7 Å². The maximum Gasteiger partial charge on any atom is 0.247 e. The van der Waals surface area contributed by atoms with Crippen molar-refractivity contribution < 1.29 is 4.79 Å². The second-order valence-electron chi connectivity index (χ2n) is 6.19. The Hall–Kier alpha value is -3.02. The molecule has 25 heavy (non-hydrogen) atoms. The summed E-state index contributed by atoms with van der Waals surface area (Å²) in [5.74, 6) is 0.437. The van der Waals surface area contributed by atoms with Gasteiger partial charge in [0.05, 0.1) is 0 Å². The van der Waals surface area contributed by atoms with Crippen molar-refractivity contribution in [3.8, 4) is 11.4 Å². The molecule has 6 heteroatoms. The molecule has 3 rings (SSSR count). The first-order valence-electron chi connectivity index (χ1n) is 8.31. The maximum absolute atomic E-state index is 12.7. The minimum Gasteiger partial charge on any atom is -0.350 e. The third-order valence-corrected chi connectivity index (χ3v) is 3.92. The largest absolute Gasteiger partial charge is 0.350 e. The molecule has 1 amide bonds. The molecule has 1 unspecified atom stereocenters. The minimum absolute atomic E-state index is 0.0357. The fraction of sp³-hybridized carbons (Fsp3) is 0.263. The molecule has 0 bridgehead atoms. The number of hydrogen-bond donors (Lipinski definition) is 1. The molecule has 0 aliphatic heterocycles. The summed E-state index contributed by atoms with van der Waals surface area (Å²) in [4.78, 5) is 14.1. The van der Waals surface area contributed by atoms with Crippen molar-refractivity contribution in [1.82, 2.24) is 25.5 Å². The minimum atomic E-state index is -0.506. The van der Waals surface area contributed by atoms with Crippen LogP contribution in [0.1, 0.15) is 25.5 Å². The van der Waals surface area contributed by atoms with Crippen LogP contribution in [0.25, 0.3) is 11.4 Å². The van der Waals surface area contributed by atoms with E-state index in [1.165, 1.54) is 4.80 Å². The van der Waals surface area contributed by atoms with Crippen LogP contribution in [0.3, 0.4) is 0 Å². The average Bonchev–Trinajstić information content (AvgIpc) is 3.11. The Balaban J connectivity index is 1.75. The topological polar surface area (TPSA) is 72.7 Å². The van der Waals surface area contributed by atoms with Crippen molar-refractivity contribution >= 4 is 5.91 Å². The van der Waals surface area contributed by atoms with Gasteiger partial charge in [-0.2, -0.15) is 4.80 Å². The van der Waals surface area contributed by atoms with Gasteiger partial charge in [0.15, 0.2) is 6.04 Å². The van der Waals surface area contributed by atoms with Gasteiger partial charge in [-0.15, -0.1) is 10.2 Å². The van der Waals surface area contributed by atoms with Crippen LogP contribution in [0.15, 0.2) is 60.7 Å². The van der Waals surface area contributed by atoms with E-state index in [9.17, 15) is 4.79 Å². The van der Waals surface area contributed by atoms with Gasteiger partial charge in [0.1, 0.15) is 0 Å². The summed E-state index contributed by atoms with van der Waals surface area (Å²) >= 11 is 0. The number of carbonyl (C=O) groups is 1. The van der Waals surface area contributed by atoms with Crippen molar-refractivity contribution in [3.05, 3.63) is 66.2 Å². The zero-order chi connectivity index (χ0) is 17.6. The zero-order valence-electron chi connectivity index (χ0n) is 14.3. The molecule has 0 fully saturated rings. The van der Waals surface area contributed by atoms with Crippen LogP contribution in [0.5, 0.6) is 0 Å². The standard InChI is InChI=1S/C19H21N5O/c1-14(2)17(19(25)20-13-15-9-5-3-6-10-15)24-22-18(21-23-24)16-11-7-4-8-12-16/h3-12,14,17H,13H2,1-2H3,(H,20,25). The normalized spacial score (nSPS) is 12.1. The van der Waals surface area contributed by atoms with E-state index in [0.717, 1.165) is 11.1 Å². The number of nitrogens with zero attached hydrogens (tertiary/aromatic N) is 4. The second-order valence-corrected chi connectivity index (χ2v) is 6.19. The second kappa shape index (κ2) is 7.70. The average molecular weight is 335 g/mol. The highest BCUT2D eigenvalue weighted by atomic mass is 16.2. The number of rotatable bonds is 6. The number of tetrazole rings is 1. The molecule has 0 radical (unpaired) electrons. The molecule has 0 saturated heterocycles. The van der Waals surface area contributed by atoms with Crippen molar-refractivity contribution in [3.63, 3.8) is 0 Å². The lowest BCUT2D eigenvalue weighted by Gasteiger charge is -2.18. The first kappa shape index (κ1) is 16.8. The summed E-state index contributed by atoms with van der Waals surface area (Å²) in [6, 6.07) is 18.9. The monoisotopic (exact) mass is 335 g/mol. The van der Waals surface area contributed by atoms with E-state index >= 15 is 0 Å². The highest BCUT2D eigenvalue weighted by Gasteiger charge is 2.27. The van der Waals surface area contributed by atoms with Gasteiger partial charge in [0, 0.05) is 12.1 Å². The molecular weight excluding hydrogens is 314 g/mol. The number of carbonyl (C=O) groups excluding carboxylic acids is 1. The predicted octanol–water partition coefficient (Wildman–Crippen LogP) is 2.85. The molecule has 128 valence electrons. The lowest BCUT2D eigenvalue weighted by atomic mass is 10.0. The highest BCUT2D eigenvalue weighted by Crippen LogP contribution is 2.19. The number of benzene rings is 2. The first-order chi connectivity index (χ1) is 12.1. The van der Waals surface area contributed by atoms with Crippen LogP contribution >= 0.6 is 0 Å². The summed E-state index contributed by atoms with van der Waals surface area (Å²) in [6.07, 6.45) is 0. The van der Waals surface area contributed by atoms with Gasteiger partial charge in [-0.1, -0.05) is 74.5 Å². The molecule has 1 aromatic heterocycles. The Kier molecular flexibility index (Phi) is 5.18. The summed E-state index contributed by atoms with van der Waals surface area (Å²) in [7, 11) is 0. The highest BCUT2D eigenvalue weighted by molar-refractivity contribution is 5.80. The van der Waals surface area contributed by atoms with E-state index in [4.69, 9.17) is 0 Å². The van der Waals surface area contributed by atoms with E-state index in [1.807, 2.05) is 74.5 Å². The lowest BCUT2D eigenvalue weighted by molar-refractivity contribution is -0.126. The third-order valence-electron chi connectivity index (χ3n) is 3.92. The first-order valence-corrected chi connectivity index (χ1v) is 8.31. The Morgan fingerprint density at radius 2 is 1.68 bits per heavy atom. The Labute approximate surface area is 146 Å². The Bertz CT molecular complexity index is 814. The molecular formula is C19H21N5O. The van der Waals surface area contributed by atoms with Gasteiger partial charge >= 0.3 is 0 Å². The Morgan fingerprint density at radius 3 is 2.32 bits per heavy atom. The summed E-state index contributed by atoms with van der Waals surface area (Å²) < 4.78 is 0. The number of nitrogens with one attached hydrogen (secondary N) is 1. The summed E-state index contributed by atoms with van der Waals surface area (Å²) in [5, 5.41) is 15.6. The number of hydrogen-bond acceptors (Lipinski definition) is 4. The molecule has 0 aliphatic carbocycles. The smallest absolute Gasteiger partial charge is 0.247 e. The van der Waals surface area contributed by atoms with Crippen molar-refractivity contribution in [1.29, 1.82) is 0 Å². The van der Waals surface area contributed by atoms with Crippen LogP contribution in [0.4, 0.5) is 0 Å². The lowest BCUT2D eigenvalue weighted by Crippen LogP contribution is -2.36. The molecule has 2 aromatic carbocycles. The molecule has 0 aliphatic rings. The van der Waals surface area contributed by atoms with Crippen molar-refractivity contribution in [2.45, 2.75) is 26.4 Å². The fourth-order valence-electron chi connectivity index (χ4n) is 2.61. The molecule has 1 heterocycles. The molecule has 6 nitrogen and oxygen atoms in total. The van der Waals surface area contributed by atoms with Gasteiger partial charge < -0.3 is 5.32 Å². The number of amides is 1. The van der Waals surface area contributed by atoms with E-state index in [0.29, 0.717) is 12.4 Å². The molecule has 3 aromatic rings. The summed E-state index contributed by atoms with van der Waals surface area (Å²) in [5.41, 5.74) is 1.93. The quantitative estimate of drug-likeness (QED) is 0.752. The van der Waals surface area contributed by atoms with Gasteiger partial charge in [-0.3, -0.25) is 4.79 Å². The fourth-order valence-corrected chi connectivity index (χ4v) is 2.61. The predicted molar refractivity (Wildman–Crippen MR) is 95.4 cm³/mol. The van der Waals surface area contributed by atoms with Gasteiger partial charge in [0.25, 0.3) is 0 Å². The molecule has 0 spiro atoms. The van der Waals surface area contributed by atoms with Crippen molar-refractivity contribution in [2.24, 2.45) is 5.92 Å². The SMILES string of the molecule is CC(C)C(C(=O)NCc1ccccc1)n1nnc(-c2ccccc2)n1. The van der Waals surface area contributed by atoms with Crippen LogP contribution in [-0.2, 0) is 11.3 Å². The maximum atomic E-state index is 12.7. The van der Waals surface area contributed by atoms with Gasteiger partial charge in [0.2, 0.25) is 11.7 Å². The van der Waals surface area contributed by atoms with Gasteiger partial charge in [-0.25, -0.2) is 0 Å². The zero-order valence-corrected chi connectivity index (χ0v) is 14.3. The summed E-state index contributed by atoms with van der Waals surface area (Å²) in [6.45, 7) is 4.42. The molecule has 0 saturated carbocycles. The van der Waals surface area contributed by atoms with E-state index in [1.54, 1.807) is 0 Å². The van der Waals surface area contributed by atoms with E-state index in [-0.39, 0.29) is 11.8 Å². The van der Waals surface area contributed by atoms with Crippen molar-refractivity contribution in [2.75, 3.05) is 0 Å². The number of aromatic nitrogens is 4. The Morgan fingerprint density at radius 1 is 1.04 bits per heavy atom. The van der Waals surface area contributed by atoms with E-state index < -0.39 is 6.04 Å². The van der Waals surface area contributed by atoms with E-state index in [2.05, 4.69) is 20.7 Å². The van der Waals surface area contributed by atoms with Crippen LogP contribution in [0, 0.1) is 5.92 Å². The van der Waals surface area contributed by atoms with Crippen LogP contribution < -0.4 is 5.32 Å².